The molecule has 28 heavy (non-hydrogen) atoms. The quantitative estimate of drug-likeness (QED) is 0.677. The molecule has 3 rings (SSSR count). The molecule has 1 aliphatic rings. The molecule has 1 N–H and O–H groups in total. The van der Waals surface area contributed by atoms with Gasteiger partial charge in [0.2, 0.25) is 0 Å². The molecule has 0 saturated carbocycles. The summed E-state index contributed by atoms with van der Waals surface area (Å²) in [5, 5.41) is 4.08. The van der Waals surface area contributed by atoms with E-state index in [1.165, 1.54) is 18.4 Å². The summed E-state index contributed by atoms with van der Waals surface area (Å²) in [5.41, 5.74) is 1.40. The van der Waals surface area contributed by atoms with Gasteiger partial charge in [0.25, 0.3) is 5.91 Å². The van der Waals surface area contributed by atoms with Gasteiger partial charge >= 0.3 is 5.97 Å². The maximum Gasteiger partial charge on any atom is 0.341 e. The smallest absolute Gasteiger partial charge is 0.341 e. The molecule has 0 unspecified atom stereocenters. The maximum absolute atomic E-state index is 12.4. The molecule has 1 amide bonds. The predicted molar refractivity (Wildman–Crippen MR) is 111 cm³/mol. The Hall–Kier alpha value is -1.80. The van der Waals surface area contributed by atoms with E-state index in [1.807, 2.05) is 0 Å². The number of carbonyl (C=O) groups is 2. The van der Waals surface area contributed by atoms with Crippen LogP contribution in [0.25, 0.3) is 0 Å². The Balaban J connectivity index is 1.74. The molecule has 2 aromatic rings. The van der Waals surface area contributed by atoms with Crippen molar-refractivity contribution in [2.45, 2.75) is 19.9 Å². The lowest BCUT2D eigenvalue weighted by molar-refractivity contribution is -0.118. The standard InChI is InChI=1S/C19H20Cl2N2O4S/c1-3-23-7-6-12-15(9-23)28-18(17(12)19(25)26-2)22-16(24)10-27-14-5-4-11(20)8-13(14)21/h4-5,8H,3,6-7,9-10H2,1-2H3,(H,22,24). The molecule has 0 aliphatic carbocycles. The van der Waals surface area contributed by atoms with Gasteiger partial charge in [0.05, 0.1) is 17.7 Å². The number of hydrogen-bond acceptors (Lipinski definition) is 6. The molecule has 0 spiro atoms. The maximum atomic E-state index is 12.4. The third kappa shape index (κ3) is 4.60. The van der Waals surface area contributed by atoms with Crippen molar-refractivity contribution in [3.63, 3.8) is 0 Å². The van der Waals surface area contributed by atoms with E-state index < -0.39 is 5.97 Å². The topological polar surface area (TPSA) is 67.9 Å². The van der Waals surface area contributed by atoms with Gasteiger partial charge in [0.1, 0.15) is 10.8 Å². The highest BCUT2D eigenvalue weighted by atomic mass is 35.5. The lowest BCUT2D eigenvalue weighted by Crippen LogP contribution is -2.30. The Morgan fingerprint density at radius 3 is 2.79 bits per heavy atom. The number of hydrogen-bond donors (Lipinski definition) is 1. The van der Waals surface area contributed by atoms with Crippen molar-refractivity contribution >= 4 is 51.4 Å². The second-order valence-electron chi connectivity index (χ2n) is 6.23. The summed E-state index contributed by atoms with van der Waals surface area (Å²) in [6.45, 7) is 4.42. The largest absolute Gasteiger partial charge is 0.482 e. The molecule has 1 aromatic carbocycles. The number of nitrogens with zero attached hydrogens (tertiary/aromatic N) is 1. The third-order valence-electron chi connectivity index (χ3n) is 4.48. The Morgan fingerprint density at radius 2 is 2.11 bits per heavy atom. The van der Waals surface area contributed by atoms with Crippen LogP contribution in [0.1, 0.15) is 27.7 Å². The second kappa shape index (κ2) is 9.13. The summed E-state index contributed by atoms with van der Waals surface area (Å²) >= 11 is 13.3. The van der Waals surface area contributed by atoms with Crippen LogP contribution in [0.15, 0.2) is 18.2 Å². The highest BCUT2D eigenvalue weighted by Crippen LogP contribution is 2.37. The summed E-state index contributed by atoms with van der Waals surface area (Å²) in [5.74, 6) is -0.472. The van der Waals surface area contributed by atoms with Gasteiger partial charge in [-0.15, -0.1) is 11.3 Å². The van der Waals surface area contributed by atoms with E-state index in [1.54, 1.807) is 18.2 Å². The van der Waals surface area contributed by atoms with Crippen molar-refractivity contribution in [2.24, 2.45) is 0 Å². The molecule has 0 bridgehead atoms. The Bertz CT molecular complexity index is 900. The molecular formula is C19H20Cl2N2O4S. The summed E-state index contributed by atoms with van der Waals surface area (Å²) in [6.07, 6.45) is 0.747. The highest BCUT2D eigenvalue weighted by Gasteiger charge is 2.28. The number of nitrogens with one attached hydrogen (secondary N) is 1. The molecule has 6 nitrogen and oxygen atoms in total. The number of fused-ring (bicyclic) bond motifs is 1. The summed E-state index contributed by atoms with van der Waals surface area (Å²) in [6, 6.07) is 4.77. The molecular weight excluding hydrogens is 423 g/mol. The van der Waals surface area contributed by atoms with E-state index in [0.29, 0.717) is 26.4 Å². The molecule has 2 heterocycles. The number of carbonyl (C=O) groups excluding carboxylic acids is 2. The zero-order valence-electron chi connectivity index (χ0n) is 15.5. The molecule has 0 saturated heterocycles. The van der Waals surface area contributed by atoms with Crippen molar-refractivity contribution in [3.8, 4) is 5.75 Å². The van der Waals surface area contributed by atoms with Crippen molar-refractivity contribution < 1.29 is 19.1 Å². The van der Waals surface area contributed by atoms with Gasteiger partial charge in [-0.2, -0.15) is 0 Å². The molecule has 0 atom stereocenters. The SMILES string of the molecule is CCN1CCc2c(sc(NC(=O)COc3ccc(Cl)cc3Cl)c2C(=O)OC)C1. The van der Waals surface area contributed by atoms with Gasteiger partial charge in [-0.1, -0.05) is 30.1 Å². The Labute approximate surface area is 177 Å². The van der Waals surface area contributed by atoms with Gasteiger partial charge < -0.3 is 14.8 Å². The molecule has 1 aliphatic heterocycles. The number of thiophene rings is 1. The van der Waals surface area contributed by atoms with Crippen LogP contribution in [-0.4, -0.2) is 43.6 Å². The molecule has 0 radical (unpaired) electrons. The van der Waals surface area contributed by atoms with Crippen LogP contribution < -0.4 is 10.1 Å². The first-order valence-electron chi connectivity index (χ1n) is 8.75. The number of methoxy groups -OCH3 is 1. The molecule has 0 fully saturated rings. The van der Waals surface area contributed by atoms with E-state index in [-0.39, 0.29) is 12.5 Å². The Morgan fingerprint density at radius 1 is 1.32 bits per heavy atom. The van der Waals surface area contributed by atoms with Crippen LogP contribution in [0.5, 0.6) is 5.75 Å². The van der Waals surface area contributed by atoms with Crippen LogP contribution in [0.4, 0.5) is 5.00 Å². The van der Waals surface area contributed by atoms with E-state index in [9.17, 15) is 9.59 Å². The average molecular weight is 443 g/mol. The summed E-state index contributed by atoms with van der Waals surface area (Å²) < 4.78 is 10.4. The first kappa shape index (κ1) is 20.9. The minimum atomic E-state index is -0.445. The zero-order chi connectivity index (χ0) is 20.3. The highest BCUT2D eigenvalue weighted by molar-refractivity contribution is 7.17. The van der Waals surface area contributed by atoms with Crippen molar-refractivity contribution in [3.05, 3.63) is 44.2 Å². The first-order chi connectivity index (χ1) is 13.4. The number of ether oxygens (including phenoxy) is 2. The van der Waals surface area contributed by atoms with Gasteiger partial charge in [-0.25, -0.2) is 4.79 Å². The minimum Gasteiger partial charge on any atom is -0.482 e. The molecule has 9 heteroatoms. The number of anilines is 1. The van der Waals surface area contributed by atoms with Crippen molar-refractivity contribution in [1.29, 1.82) is 0 Å². The van der Waals surface area contributed by atoms with E-state index in [4.69, 9.17) is 32.7 Å². The van der Waals surface area contributed by atoms with E-state index in [0.717, 1.165) is 36.5 Å². The summed E-state index contributed by atoms with van der Waals surface area (Å²) in [4.78, 5) is 28.1. The van der Waals surface area contributed by atoms with E-state index in [2.05, 4.69) is 17.1 Å². The lowest BCUT2D eigenvalue weighted by Gasteiger charge is -2.25. The monoisotopic (exact) mass is 442 g/mol. The van der Waals surface area contributed by atoms with Crippen LogP contribution in [-0.2, 0) is 22.5 Å². The van der Waals surface area contributed by atoms with Crippen molar-refractivity contribution in [2.75, 3.05) is 32.1 Å². The fourth-order valence-corrected chi connectivity index (χ4v) is 4.79. The van der Waals surface area contributed by atoms with Gasteiger partial charge in [0, 0.05) is 23.0 Å². The predicted octanol–water partition coefficient (Wildman–Crippen LogP) is 4.24. The van der Waals surface area contributed by atoms with Crippen molar-refractivity contribution in [1.82, 2.24) is 4.90 Å². The zero-order valence-corrected chi connectivity index (χ0v) is 17.8. The van der Waals surface area contributed by atoms with Crippen LogP contribution in [0.2, 0.25) is 10.0 Å². The lowest BCUT2D eigenvalue weighted by atomic mass is 10.0. The number of halogens is 2. The number of likely N-dealkylation sites (N-methyl/N-ethyl adjacent to an activating group) is 1. The number of benzene rings is 1. The third-order valence-corrected chi connectivity index (χ3v) is 6.14. The van der Waals surface area contributed by atoms with E-state index >= 15 is 0 Å². The Kier molecular flexibility index (Phi) is 6.82. The number of rotatable bonds is 6. The summed E-state index contributed by atoms with van der Waals surface area (Å²) in [7, 11) is 1.34. The molecule has 150 valence electrons. The van der Waals surface area contributed by atoms with Gasteiger partial charge in [-0.05, 0) is 36.7 Å². The van der Waals surface area contributed by atoms with Crippen LogP contribution >= 0.6 is 34.5 Å². The van der Waals surface area contributed by atoms with Gasteiger partial charge in [-0.3, -0.25) is 9.69 Å². The number of esters is 1. The number of amides is 1. The van der Waals surface area contributed by atoms with Crippen LogP contribution in [0.3, 0.4) is 0 Å². The fraction of sp³-hybridized carbons (Fsp3) is 0.368. The second-order valence-corrected chi connectivity index (χ2v) is 8.18. The average Bonchev–Trinajstić information content (AvgIpc) is 3.03. The normalized spacial score (nSPS) is 13.7. The minimum absolute atomic E-state index is 0.244. The molecule has 1 aromatic heterocycles. The van der Waals surface area contributed by atoms with Gasteiger partial charge in [0.15, 0.2) is 6.61 Å². The first-order valence-corrected chi connectivity index (χ1v) is 10.3. The fourth-order valence-electron chi connectivity index (χ4n) is 3.03. The van der Waals surface area contributed by atoms with Crippen LogP contribution in [0, 0.1) is 0 Å².